The minimum Gasteiger partial charge on any atom is -0.390 e. The molecule has 1 N–H and O–H groups in total. The topological polar surface area (TPSA) is 83.7 Å². The molecule has 1 fully saturated rings. The summed E-state index contributed by atoms with van der Waals surface area (Å²) in [6.07, 6.45) is 0.955. The highest BCUT2D eigenvalue weighted by Gasteiger charge is 2.31. The van der Waals surface area contributed by atoms with Gasteiger partial charge in [-0.3, -0.25) is 14.9 Å². The number of piperidine rings is 1. The van der Waals surface area contributed by atoms with Crippen LogP contribution in [0.5, 0.6) is 0 Å². The lowest BCUT2D eigenvalue weighted by atomic mass is 9.93. The van der Waals surface area contributed by atoms with E-state index in [9.17, 15) is 20.0 Å². The lowest BCUT2D eigenvalue weighted by molar-refractivity contribution is -0.384. The first kappa shape index (κ1) is 14.7. The van der Waals surface area contributed by atoms with Crippen molar-refractivity contribution in [2.24, 2.45) is 0 Å². The molecule has 2 rings (SSSR count). The minimum absolute atomic E-state index is 0.127. The van der Waals surface area contributed by atoms with Crippen molar-refractivity contribution < 1.29 is 14.8 Å². The van der Waals surface area contributed by atoms with Crippen LogP contribution >= 0.6 is 11.6 Å². The van der Waals surface area contributed by atoms with Crippen LogP contribution in [0.15, 0.2) is 18.2 Å². The highest BCUT2D eigenvalue weighted by atomic mass is 35.5. The van der Waals surface area contributed by atoms with E-state index in [4.69, 9.17) is 11.6 Å². The molecule has 1 heterocycles. The number of rotatable bonds is 2. The Morgan fingerprint density at radius 3 is 2.60 bits per heavy atom. The van der Waals surface area contributed by atoms with Gasteiger partial charge in [0.25, 0.3) is 11.6 Å². The van der Waals surface area contributed by atoms with Crippen molar-refractivity contribution in [1.82, 2.24) is 4.90 Å². The van der Waals surface area contributed by atoms with Crippen LogP contribution < -0.4 is 0 Å². The van der Waals surface area contributed by atoms with Crippen molar-refractivity contribution in [3.05, 3.63) is 38.9 Å². The van der Waals surface area contributed by atoms with Crippen LogP contribution in [0.25, 0.3) is 0 Å². The maximum absolute atomic E-state index is 12.3. The number of benzene rings is 1. The Bertz CT molecular complexity index is 549. The van der Waals surface area contributed by atoms with Crippen LogP contribution in [-0.4, -0.2) is 39.5 Å². The second-order valence-electron chi connectivity index (χ2n) is 5.21. The first-order chi connectivity index (χ1) is 9.30. The molecule has 1 aromatic carbocycles. The standard InChI is InChI=1S/C13H15ClN2O4/c1-13(18)4-6-15(7-5-13)12(17)10-8-9(16(19)20)2-3-11(10)14/h2-3,8,18H,4-7H2,1H3. The van der Waals surface area contributed by atoms with E-state index in [-0.39, 0.29) is 22.2 Å². The van der Waals surface area contributed by atoms with E-state index in [0.29, 0.717) is 25.9 Å². The van der Waals surface area contributed by atoms with Crippen LogP contribution in [0, 0.1) is 10.1 Å². The third-order valence-corrected chi connectivity index (χ3v) is 3.85. The molecule has 0 atom stereocenters. The van der Waals surface area contributed by atoms with Crippen molar-refractivity contribution in [3.63, 3.8) is 0 Å². The summed E-state index contributed by atoms with van der Waals surface area (Å²) in [6, 6.07) is 3.81. The second-order valence-corrected chi connectivity index (χ2v) is 5.62. The molecule has 0 unspecified atom stereocenters. The van der Waals surface area contributed by atoms with Gasteiger partial charge in [-0.25, -0.2) is 0 Å². The molecule has 0 aromatic heterocycles. The first-order valence-corrected chi connectivity index (χ1v) is 6.63. The SMILES string of the molecule is CC1(O)CCN(C(=O)c2cc([N+](=O)[O-])ccc2Cl)CC1. The van der Waals surface area contributed by atoms with Crippen molar-refractivity contribution in [2.45, 2.75) is 25.4 Å². The van der Waals surface area contributed by atoms with Crippen LogP contribution in [0.3, 0.4) is 0 Å². The number of aliphatic hydroxyl groups is 1. The van der Waals surface area contributed by atoms with Gasteiger partial charge in [-0.2, -0.15) is 0 Å². The Balaban J connectivity index is 2.21. The van der Waals surface area contributed by atoms with E-state index in [0.717, 1.165) is 0 Å². The molecule has 108 valence electrons. The van der Waals surface area contributed by atoms with E-state index in [1.807, 2.05) is 0 Å². The Morgan fingerprint density at radius 2 is 2.05 bits per heavy atom. The number of likely N-dealkylation sites (tertiary alicyclic amines) is 1. The lowest BCUT2D eigenvalue weighted by Gasteiger charge is -2.35. The van der Waals surface area contributed by atoms with Crippen molar-refractivity contribution in [2.75, 3.05) is 13.1 Å². The zero-order chi connectivity index (χ0) is 14.9. The van der Waals surface area contributed by atoms with Crippen molar-refractivity contribution in [3.8, 4) is 0 Å². The summed E-state index contributed by atoms with van der Waals surface area (Å²) in [4.78, 5) is 24.1. The average Bonchev–Trinajstić information content (AvgIpc) is 2.38. The van der Waals surface area contributed by atoms with E-state index in [1.165, 1.54) is 18.2 Å². The quantitative estimate of drug-likeness (QED) is 0.670. The molecule has 1 aromatic rings. The number of amides is 1. The van der Waals surface area contributed by atoms with Crippen LogP contribution in [0.2, 0.25) is 5.02 Å². The van der Waals surface area contributed by atoms with Gasteiger partial charge in [0.1, 0.15) is 0 Å². The van der Waals surface area contributed by atoms with Crippen LogP contribution in [0.1, 0.15) is 30.1 Å². The Hall–Kier alpha value is -1.66. The lowest BCUT2D eigenvalue weighted by Crippen LogP contribution is -2.45. The maximum atomic E-state index is 12.3. The summed E-state index contributed by atoms with van der Waals surface area (Å²) in [5.74, 6) is -0.339. The molecular formula is C13H15ClN2O4. The van der Waals surface area contributed by atoms with E-state index in [2.05, 4.69) is 0 Å². The Labute approximate surface area is 121 Å². The largest absolute Gasteiger partial charge is 0.390 e. The van der Waals surface area contributed by atoms with Gasteiger partial charge in [0.2, 0.25) is 0 Å². The third kappa shape index (κ3) is 3.08. The molecule has 0 spiro atoms. The summed E-state index contributed by atoms with van der Waals surface area (Å²) >= 11 is 5.95. The molecule has 0 bridgehead atoms. The maximum Gasteiger partial charge on any atom is 0.270 e. The fourth-order valence-electron chi connectivity index (χ4n) is 2.15. The third-order valence-electron chi connectivity index (χ3n) is 3.52. The van der Waals surface area contributed by atoms with Gasteiger partial charge in [-0.1, -0.05) is 11.6 Å². The summed E-state index contributed by atoms with van der Waals surface area (Å²) < 4.78 is 0. The van der Waals surface area contributed by atoms with Gasteiger partial charge >= 0.3 is 0 Å². The monoisotopic (exact) mass is 298 g/mol. The molecule has 0 aliphatic carbocycles. The smallest absolute Gasteiger partial charge is 0.270 e. The van der Waals surface area contributed by atoms with Gasteiger partial charge in [-0.05, 0) is 25.8 Å². The molecular weight excluding hydrogens is 284 g/mol. The van der Waals surface area contributed by atoms with E-state index >= 15 is 0 Å². The molecule has 0 radical (unpaired) electrons. The fourth-order valence-corrected chi connectivity index (χ4v) is 2.35. The van der Waals surface area contributed by atoms with Crippen LogP contribution in [-0.2, 0) is 0 Å². The molecule has 1 aliphatic heterocycles. The first-order valence-electron chi connectivity index (χ1n) is 6.26. The highest BCUT2D eigenvalue weighted by molar-refractivity contribution is 6.33. The van der Waals surface area contributed by atoms with Gasteiger partial charge in [0.05, 0.1) is 21.1 Å². The predicted octanol–water partition coefficient (Wildman–Crippen LogP) is 2.24. The zero-order valence-electron chi connectivity index (χ0n) is 11.0. The highest BCUT2D eigenvalue weighted by Crippen LogP contribution is 2.26. The molecule has 6 nitrogen and oxygen atoms in total. The second kappa shape index (κ2) is 5.38. The Kier molecular flexibility index (Phi) is 3.96. The summed E-state index contributed by atoms with van der Waals surface area (Å²) in [5.41, 5.74) is -0.798. The number of hydrogen-bond acceptors (Lipinski definition) is 4. The van der Waals surface area contributed by atoms with E-state index in [1.54, 1.807) is 11.8 Å². The number of halogens is 1. The normalized spacial score (nSPS) is 17.9. The van der Waals surface area contributed by atoms with Gasteiger partial charge in [0, 0.05) is 25.2 Å². The summed E-state index contributed by atoms with van der Waals surface area (Å²) in [7, 11) is 0. The zero-order valence-corrected chi connectivity index (χ0v) is 11.8. The minimum atomic E-state index is -0.761. The van der Waals surface area contributed by atoms with Crippen molar-refractivity contribution in [1.29, 1.82) is 0 Å². The molecule has 1 amide bonds. The molecule has 20 heavy (non-hydrogen) atoms. The number of non-ortho nitro benzene ring substituents is 1. The molecule has 1 aliphatic rings. The number of carbonyl (C=O) groups excluding carboxylic acids is 1. The summed E-state index contributed by atoms with van der Waals surface area (Å²) in [6.45, 7) is 2.55. The number of hydrogen-bond donors (Lipinski definition) is 1. The van der Waals surface area contributed by atoms with Gasteiger partial charge in [-0.15, -0.1) is 0 Å². The average molecular weight is 299 g/mol. The summed E-state index contributed by atoms with van der Waals surface area (Å²) in [5, 5.41) is 20.8. The van der Waals surface area contributed by atoms with Crippen LogP contribution in [0.4, 0.5) is 5.69 Å². The molecule has 1 saturated heterocycles. The number of carbonyl (C=O) groups is 1. The number of nitro benzene ring substituents is 1. The van der Waals surface area contributed by atoms with E-state index < -0.39 is 10.5 Å². The number of nitro groups is 1. The molecule has 7 heteroatoms. The van der Waals surface area contributed by atoms with Crippen molar-refractivity contribution >= 4 is 23.2 Å². The fraction of sp³-hybridized carbons (Fsp3) is 0.462. The molecule has 0 saturated carbocycles. The number of nitrogens with zero attached hydrogens (tertiary/aromatic N) is 2. The Morgan fingerprint density at radius 1 is 1.45 bits per heavy atom. The van der Waals surface area contributed by atoms with Gasteiger partial charge < -0.3 is 10.0 Å². The van der Waals surface area contributed by atoms with Gasteiger partial charge in [0.15, 0.2) is 0 Å². The predicted molar refractivity (Wildman–Crippen MR) is 73.9 cm³/mol.